The number of furan rings is 1. The molecular weight excluding hydrogens is 386 g/mol. The van der Waals surface area contributed by atoms with Crippen LogP contribution < -0.4 is 14.8 Å². The molecule has 1 heterocycles. The largest absolute Gasteiger partial charge is 0.497 e. The van der Waals surface area contributed by atoms with Crippen LogP contribution in [0.4, 0.5) is 0 Å². The van der Waals surface area contributed by atoms with E-state index < -0.39 is 0 Å². The molecular formula is C23H25NO4S. The first-order valence-corrected chi connectivity index (χ1v) is 10.3. The van der Waals surface area contributed by atoms with Crippen molar-refractivity contribution < 1.29 is 18.7 Å². The topological polar surface area (TPSA) is 60.7 Å². The van der Waals surface area contributed by atoms with E-state index in [1.165, 1.54) is 16.0 Å². The number of thioether (sulfide) groups is 1. The molecule has 6 heteroatoms. The smallest absolute Gasteiger partial charge is 0.287 e. The molecule has 2 aromatic carbocycles. The second kappa shape index (κ2) is 9.56. The van der Waals surface area contributed by atoms with Crippen LogP contribution in [-0.4, -0.2) is 20.1 Å². The van der Waals surface area contributed by atoms with Gasteiger partial charge in [0.1, 0.15) is 17.3 Å². The van der Waals surface area contributed by atoms with E-state index >= 15 is 0 Å². The zero-order chi connectivity index (χ0) is 20.8. The third kappa shape index (κ3) is 5.15. The lowest BCUT2D eigenvalue weighted by molar-refractivity contribution is 0.0921. The molecule has 1 aromatic heterocycles. The molecule has 0 saturated carbocycles. The molecule has 1 amide bonds. The van der Waals surface area contributed by atoms with Crippen LogP contribution in [0.15, 0.2) is 57.8 Å². The molecule has 0 aliphatic heterocycles. The second-order valence-electron chi connectivity index (χ2n) is 6.64. The molecule has 1 N–H and O–H groups in total. The van der Waals surface area contributed by atoms with Gasteiger partial charge < -0.3 is 19.2 Å². The van der Waals surface area contributed by atoms with E-state index in [1.807, 2.05) is 18.2 Å². The van der Waals surface area contributed by atoms with Crippen molar-refractivity contribution in [2.75, 3.05) is 14.2 Å². The Morgan fingerprint density at radius 3 is 2.48 bits per heavy atom. The number of carbonyl (C=O) groups is 1. The molecule has 3 rings (SSSR count). The molecule has 0 unspecified atom stereocenters. The van der Waals surface area contributed by atoms with Crippen LogP contribution in [0.2, 0.25) is 0 Å². The van der Waals surface area contributed by atoms with Gasteiger partial charge in [0.15, 0.2) is 5.76 Å². The lowest BCUT2D eigenvalue weighted by atomic mass is 10.2. The Kier molecular flexibility index (Phi) is 6.88. The van der Waals surface area contributed by atoms with Gasteiger partial charge in [-0.15, -0.1) is 11.8 Å². The van der Waals surface area contributed by atoms with E-state index in [0.29, 0.717) is 29.6 Å². The number of carbonyl (C=O) groups excluding carboxylic acids is 1. The van der Waals surface area contributed by atoms with E-state index in [0.717, 1.165) is 11.3 Å². The first-order chi connectivity index (χ1) is 14.0. The van der Waals surface area contributed by atoms with Gasteiger partial charge in [0.2, 0.25) is 0 Å². The number of rotatable bonds is 8. The van der Waals surface area contributed by atoms with Gasteiger partial charge in [-0.3, -0.25) is 4.79 Å². The minimum atomic E-state index is -0.258. The molecule has 0 spiro atoms. The molecule has 152 valence electrons. The standard InChI is InChI=1S/C23H25NO4S/c1-15-6-5-7-16(2)22(15)29-14-19-10-11-20(28-19)23(25)24-13-17-8-9-18(26-3)12-21(17)27-4/h5-12H,13-14H2,1-4H3,(H,24,25). The number of amides is 1. The first kappa shape index (κ1) is 20.9. The van der Waals surface area contributed by atoms with Gasteiger partial charge in [-0.05, 0) is 49.2 Å². The summed E-state index contributed by atoms with van der Waals surface area (Å²) in [5.74, 6) is 2.85. The molecule has 5 nitrogen and oxygen atoms in total. The van der Waals surface area contributed by atoms with Gasteiger partial charge in [-0.25, -0.2) is 0 Å². The summed E-state index contributed by atoms with van der Waals surface area (Å²) in [7, 11) is 3.19. The normalized spacial score (nSPS) is 10.6. The van der Waals surface area contributed by atoms with Crippen molar-refractivity contribution in [1.82, 2.24) is 5.32 Å². The summed E-state index contributed by atoms with van der Waals surface area (Å²) in [6.45, 7) is 4.53. The lowest BCUT2D eigenvalue weighted by Gasteiger charge is -2.11. The average Bonchev–Trinajstić information content (AvgIpc) is 3.20. The Bertz CT molecular complexity index is 976. The van der Waals surface area contributed by atoms with Crippen molar-refractivity contribution in [3.63, 3.8) is 0 Å². The van der Waals surface area contributed by atoms with Crippen LogP contribution in [-0.2, 0) is 12.3 Å². The number of aryl methyl sites for hydroxylation is 2. The predicted octanol–water partition coefficient (Wildman–Crippen LogP) is 5.14. The van der Waals surface area contributed by atoms with Crippen molar-refractivity contribution in [3.05, 3.63) is 76.7 Å². The highest BCUT2D eigenvalue weighted by Gasteiger charge is 2.13. The van der Waals surface area contributed by atoms with Crippen LogP contribution in [0.1, 0.15) is 33.0 Å². The Morgan fingerprint density at radius 2 is 1.79 bits per heavy atom. The lowest BCUT2D eigenvalue weighted by Crippen LogP contribution is -2.22. The zero-order valence-electron chi connectivity index (χ0n) is 17.1. The number of nitrogens with one attached hydrogen (secondary N) is 1. The number of ether oxygens (including phenoxy) is 2. The summed E-state index contributed by atoms with van der Waals surface area (Å²) in [6.07, 6.45) is 0. The van der Waals surface area contributed by atoms with Gasteiger partial charge in [-0.1, -0.05) is 18.2 Å². The Morgan fingerprint density at radius 1 is 1.03 bits per heavy atom. The number of benzene rings is 2. The van der Waals surface area contributed by atoms with Gasteiger partial charge in [0.25, 0.3) is 5.91 Å². The third-order valence-electron chi connectivity index (χ3n) is 4.59. The Hall–Kier alpha value is -2.86. The fourth-order valence-corrected chi connectivity index (χ4v) is 4.04. The Balaban J connectivity index is 1.60. The third-order valence-corrected chi connectivity index (χ3v) is 5.95. The van der Waals surface area contributed by atoms with E-state index in [9.17, 15) is 4.79 Å². The maximum Gasteiger partial charge on any atom is 0.287 e. The molecule has 0 radical (unpaired) electrons. The summed E-state index contributed by atoms with van der Waals surface area (Å²) >= 11 is 1.72. The molecule has 0 fully saturated rings. The van der Waals surface area contributed by atoms with Crippen molar-refractivity contribution in [2.45, 2.75) is 31.0 Å². The van der Waals surface area contributed by atoms with Crippen molar-refractivity contribution in [1.29, 1.82) is 0 Å². The SMILES string of the molecule is COc1ccc(CNC(=O)c2ccc(CSc3c(C)cccc3C)o2)c(OC)c1. The molecule has 0 saturated heterocycles. The van der Waals surface area contributed by atoms with E-state index in [4.69, 9.17) is 13.9 Å². The highest BCUT2D eigenvalue weighted by molar-refractivity contribution is 7.98. The maximum atomic E-state index is 12.5. The van der Waals surface area contributed by atoms with Crippen LogP contribution in [0.5, 0.6) is 11.5 Å². The zero-order valence-corrected chi connectivity index (χ0v) is 17.9. The average molecular weight is 412 g/mol. The van der Waals surface area contributed by atoms with Gasteiger partial charge in [0.05, 0.1) is 20.0 Å². The highest BCUT2D eigenvalue weighted by atomic mass is 32.2. The van der Waals surface area contributed by atoms with E-state index in [-0.39, 0.29) is 5.91 Å². The summed E-state index contributed by atoms with van der Waals surface area (Å²) in [5, 5.41) is 2.87. The molecule has 0 aliphatic carbocycles. The molecule has 0 atom stereocenters. The maximum absolute atomic E-state index is 12.5. The summed E-state index contributed by atoms with van der Waals surface area (Å²) in [6, 6.07) is 15.3. The molecule has 3 aromatic rings. The van der Waals surface area contributed by atoms with Crippen molar-refractivity contribution >= 4 is 17.7 Å². The first-order valence-electron chi connectivity index (χ1n) is 9.28. The minimum Gasteiger partial charge on any atom is -0.497 e. The molecule has 29 heavy (non-hydrogen) atoms. The van der Waals surface area contributed by atoms with Crippen LogP contribution in [0, 0.1) is 13.8 Å². The van der Waals surface area contributed by atoms with Gasteiger partial charge in [0, 0.05) is 23.1 Å². The summed E-state index contributed by atoms with van der Waals surface area (Å²) in [5.41, 5.74) is 3.35. The summed E-state index contributed by atoms with van der Waals surface area (Å²) < 4.78 is 16.3. The van der Waals surface area contributed by atoms with Gasteiger partial charge in [-0.2, -0.15) is 0 Å². The molecule has 0 aliphatic rings. The predicted molar refractivity (Wildman–Crippen MR) is 115 cm³/mol. The van der Waals surface area contributed by atoms with E-state index in [1.54, 1.807) is 38.1 Å². The second-order valence-corrected chi connectivity index (χ2v) is 7.62. The van der Waals surface area contributed by atoms with Crippen LogP contribution in [0.25, 0.3) is 0 Å². The van der Waals surface area contributed by atoms with E-state index in [2.05, 4.69) is 37.4 Å². The number of hydrogen-bond acceptors (Lipinski definition) is 5. The molecule has 0 bridgehead atoms. The minimum absolute atomic E-state index is 0.258. The van der Waals surface area contributed by atoms with Crippen molar-refractivity contribution in [3.8, 4) is 11.5 Å². The van der Waals surface area contributed by atoms with Crippen molar-refractivity contribution in [2.24, 2.45) is 0 Å². The highest BCUT2D eigenvalue weighted by Crippen LogP contribution is 2.30. The van der Waals surface area contributed by atoms with Gasteiger partial charge >= 0.3 is 0 Å². The monoisotopic (exact) mass is 411 g/mol. The fraction of sp³-hybridized carbons (Fsp3) is 0.261. The quantitative estimate of drug-likeness (QED) is 0.520. The summed E-state index contributed by atoms with van der Waals surface area (Å²) in [4.78, 5) is 13.7. The van der Waals surface area contributed by atoms with Crippen LogP contribution >= 0.6 is 11.8 Å². The number of hydrogen-bond donors (Lipinski definition) is 1. The fourth-order valence-electron chi connectivity index (χ4n) is 3.01. The Labute approximate surface area is 175 Å². The van der Waals surface area contributed by atoms with Crippen LogP contribution in [0.3, 0.4) is 0 Å². The number of methoxy groups -OCH3 is 2.